The fraction of sp³-hybridized carbons (Fsp3) is 0.333. The Morgan fingerprint density at radius 1 is 1.23 bits per heavy atom. The molecule has 8 heteroatoms. The van der Waals surface area contributed by atoms with E-state index in [0.29, 0.717) is 16.3 Å². The van der Waals surface area contributed by atoms with Crippen LogP contribution in [0.5, 0.6) is 11.5 Å². The maximum absolute atomic E-state index is 13.1. The highest BCUT2D eigenvalue weighted by atomic mass is 79.9. The number of rotatable bonds is 3. The molecule has 2 atom stereocenters. The number of aliphatic hydroxyl groups is 1. The Hall–Kier alpha value is -1.28. The standard InChI is InChI=1S/C18H18BrClO5S/c1-18(2)17(19)16(21)12-8-15(14(24-3)9-13(12)25-18)26(22,23)11-6-4-10(20)5-7-11/h4-9,16-17,21H,1-3H3. The van der Waals surface area contributed by atoms with Crippen LogP contribution in [0.1, 0.15) is 25.5 Å². The average Bonchev–Trinajstić information content (AvgIpc) is 2.59. The van der Waals surface area contributed by atoms with Crippen molar-refractivity contribution in [3.63, 3.8) is 0 Å². The van der Waals surface area contributed by atoms with Crippen LogP contribution in [0.2, 0.25) is 5.02 Å². The first-order chi connectivity index (χ1) is 12.1. The molecule has 0 spiro atoms. The van der Waals surface area contributed by atoms with Gasteiger partial charge < -0.3 is 14.6 Å². The van der Waals surface area contributed by atoms with E-state index < -0.39 is 26.4 Å². The van der Waals surface area contributed by atoms with E-state index in [-0.39, 0.29) is 15.5 Å². The molecule has 0 amide bonds. The lowest BCUT2D eigenvalue weighted by atomic mass is 9.91. The number of sulfone groups is 1. The molecule has 1 N–H and O–H groups in total. The molecule has 0 fully saturated rings. The van der Waals surface area contributed by atoms with E-state index >= 15 is 0 Å². The van der Waals surface area contributed by atoms with Crippen LogP contribution in [-0.4, -0.2) is 31.1 Å². The van der Waals surface area contributed by atoms with Gasteiger partial charge in [0.05, 0.1) is 22.9 Å². The third-order valence-corrected chi connectivity index (χ3v) is 7.99. The van der Waals surface area contributed by atoms with Gasteiger partial charge in [0.25, 0.3) is 0 Å². The second kappa shape index (κ2) is 6.71. The first-order valence-corrected chi connectivity index (χ1v) is 10.6. The van der Waals surface area contributed by atoms with E-state index in [1.165, 1.54) is 43.5 Å². The van der Waals surface area contributed by atoms with E-state index in [9.17, 15) is 13.5 Å². The molecule has 2 aromatic carbocycles. The lowest BCUT2D eigenvalue weighted by Crippen LogP contribution is -2.45. The van der Waals surface area contributed by atoms with Crippen molar-refractivity contribution in [2.45, 2.75) is 40.2 Å². The first kappa shape index (κ1) is 19.5. The number of benzene rings is 2. The van der Waals surface area contributed by atoms with E-state index in [2.05, 4.69) is 15.9 Å². The van der Waals surface area contributed by atoms with Gasteiger partial charge in [0, 0.05) is 16.7 Å². The first-order valence-electron chi connectivity index (χ1n) is 7.81. The third kappa shape index (κ3) is 3.22. The number of alkyl halides is 1. The summed E-state index contributed by atoms with van der Waals surface area (Å²) in [7, 11) is -2.48. The Balaban J connectivity index is 2.19. The number of hydrogen-bond acceptors (Lipinski definition) is 5. The largest absolute Gasteiger partial charge is 0.495 e. The summed E-state index contributed by atoms with van der Waals surface area (Å²) in [5.41, 5.74) is -0.284. The summed E-state index contributed by atoms with van der Waals surface area (Å²) in [4.78, 5) is -0.354. The van der Waals surface area contributed by atoms with Crippen LogP contribution in [-0.2, 0) is 9.84 Å². The minimum absolute atomic E-state index is 0.0388. The molecule has 0 aliphatic carbocycles. The van der Waals surface area contributed by atoms with Crippen molar-refractivity contribution in [2.24, 2.45) is 0 Å². The molecular formula is C18H18BrClO5S. The zero-order valence-corrected chi connectivity index (χ0v) is 17.5. The molecule has 1 heterocycles. The van der Waals surface area contributed by atoms with Crippen molar-refractivity contribution in [2.75, 3.05) is 7.11 Å². The second-order valence-electron chi connectivity index (χ2n) is 6.55. The average molecular weight is 462 g/mol. The van der Waals surface area contributed by atoms with Gasteiger partial charge in [0.15, 0.2) is 0 Å². The van der Waals surface area contributed by atoms with Crippen molar-refractivity contribution in [1.29, 1.82) is 0 Å². The normalized spacial score (nSPS) is 21.6. The maximum atomic E-state index is 13.1. The summed E-state index contributed by atoms with van der Waals surface area (Å²) < 4.78 is 37.4. The van der Waals surface area contributed by atoms with Crippen molar-refractivity contribution in [3.8, 4) is 11.5 Å². The van der Waals surface area contributed by atoms with Crippen molar-refractivity contribution in [3.05, 3.63) is 47.0 Å². The molecule has 0 bridgehead atoms. The molecule has 5 nitrogen and oxygen atoms in total. The summed E-state index contributed by atoms with van der Waals surface area (Å²) in [6.07, 6.45) is -0.932. The molecule has 26 heavy (non-hydrogen) atoms. The van der Waals surface area contributed by atoms with Gasteiger partial charge in [0.1, 0.15) is 22.0 Å². The van der Waals surface area contributed by atoms with Crippen molar-refractivity contribution < 1.29 is 23.0 Å². The Kier molecular flexibility index (Phi) is 5.03. The van der Waals surface area contributed by atoms with E-state index in [0.717, 1.165) is 0 Å². The van der Waals surface area contributed by atoms with Crippen molar-refractivity contribution in [1.82, 2.24) is 0 Å². The summed E-state index contributed by atoms with van der Waals surface area (Å²) in [5, 5.41) is 11.1. The summed E-state index contributed by atoms with van der Waals surface area (Å²) in [5.74, 6) is 0.542. The van der Waals surface area contributed by atoms with Gasteiger partial charge in [-0.15, -0.1) is 0 Å². The topological polar surface area (TPSA) is 72.8 Å². The summed E-state index contributed by atoms with van der Waals surface area (Å²) >= 11 is 9.29. The van der Waals surface area contributed by atoms with E-state index in [1.807, 2.05) is 13.8 Å². The minimum atomic E-state index is -3.87. The molecule has 2 unspecified atom stereocenters. The van der Waals surface area contributed by atoms with Crippen LogP contribution in [0.15, 0.2) is 46.2 Å². The molecule has 140 valence electrons. The fourth-order valence-corrected chi connectivity index (χ4v) is 4.81. The lowest BCUT2D eigenvalue weighted by molar-refractivity contribution is 0.0221. The predicted molar refractivity (Wildman–Crippen MR) is 102 cm³/mol. The maximum Gasteiger partial charge on any atom is 0.210 e. The van der Waals surface area contributed by atoms with Crippen LogP contribution < -0.4 is 9.47 Å². The van der Waals surface area contributed by atoms with Crippen LogP contribution in [0, 0.1) is 0 Å². The quantitative estimate of drug-likeness (QED) is 0.695. The van der Waals surface area contributed by atoms with Gasteiger partial charge in [-0.25, -0.2) is 8.42 Å². The fourth-order valence-electron chi connectivity index (χ4n) is 2.86. The second-order valence-corrected chi connectivity index (χ2v) is 9.89. The van der Waals surface area contributed by atoms with E-state index in [4.69, 9.17) is 21.1 Å². The van der Waals surface area contributed by atoms with Gasteiger partial charge in [-0.05, 0) is 44.2 Å². The van der Waals surface area contributed by atoms with Crippen LogP contribution in [0.4, 0.5) is 0 Å². The molecular weight excluding hydrogens is 444 g/mol. The van der Waals surface area contributed by atoms with Crippen LogP contribution in [0.25, 0.3) is 0 Å². The molecule has 0 aromatic heterocycles. The predicted octanol–water partition coefficient (Wildman–Crippen LogP) is 4.15. The molecule has 0 radical (unpaired) electrons. The molecule has 2 aromatic rings. The van der Waals surface area contributed by atoms with Gasteiger partial charge in [-0.1, -0.05) is 27.5 Å². The number of halogens is 2. The molecule has 0 saturated heterocycles. The summed E-state index contributed by atoms with van der Waals surface area (Å²) in [6, 6.07) is 8.79. The Morgan fingerprint density at radius 3 is 2.42 bits per heavy atom. The van der Waals surface area contributed by atoms with Gasteiger partial charge in [-0.3, -0.25) is 0 Å². The van der Waals surface area contributed by atoms with Crippen LogP contribution in [0.3, 0.4) is 0 Å². The number of hydrogen-bond donors (Lipinski definition) is 1. The minimum Gasteiger partial charge on any atom is -0.495 e. The van der Waals surface area contributed by atoms with Gasteiger partial charge >= 0.3 is 0 Å². The number of methoxy groups -OCH3 is 1. The third-order valence-electron chi connectivity index (χ3n) is 4.34. The Morgan fingerprint density at radius 2 is 1.85 bits per heavy atom. The van der Waals surface area contributed by atoms with Crippen LogP contribution >= 0.6 is 27.5 Å². The molecule has 0 saturated carbocycles. The molecule has 1 aliphatic rings. The summed E-state index contributed by atoms with van der Waals surface area (Å²) in [6.45, 7) is 3.67. The highest BCUT2D eigenvalue weighted by molar-refractivity contribution is 9.09. The molecule has 1 aliphatic heterocycles. The van der Waals surface area contributed by atoms with Gasteiger partial charge in [0.2, 0.25) is 9.84 Å². The zero-order chi connectivity index (χ0) is 19.3. The zero-order valence-electron chi connectivity index (χ0n) is 14.4. The number of ether oxygens (including phenoxy) is 2. The monoisotopic (exact) mass is 460 g/mol. The number of aliphatic hydroxyl groups excluding tert-OH is 1. The Labute approximate surface area is 165 Å². The smallest absolute Gasteiger partial charge is 0.210 e. The molecule has 3 rings (SSSR count). The Bertz CT molecular complexity index is 941. The SMILES string of the molecule is COc1cc2c(cc1S(=O)(=O)c1ccc(Cl)cc1)C(O)C(Br)C(C)(C)O2. The van der Waals surface area contributed by atoms with E-state index in [1.54, 1.807) is 0 Å². The van der Waals surface area contributed by atoms with Crippen molar-refractivity contribution >= 4 is 37.4 Å². The highest BCUT2D eigenvalue weighted by Crippen LogP contribution is 2.47. The highest BCUT2D eigenvalue weighted by Gasteiger charge is 2.43. The number of fused-ring (bicyclic) bond motifs is 1. The lowest BCUT2D eigenvalue weighted by Gasteiger charge is -2.40. The van der Waals surface area contributed by atoms with Gasteiger partial charge in [-0.2, -0.15) is 0 Å².